The number of aromatic nitrogens is 3. The summed E-state index contributed by atoms with van der Waals surface area (Å²) in [4.78, 5) is 30.4. The van der Waals surface area contributed by atoms with Crippen LogP contribution in [0.1, 0.15) is 34.5 Å². The summed E-state index contributed by atoms with van der Waals surface area (Å²) in [6.07, 6.45) is 1.40. The lowest BCUT2D eigenvalue weighted by Crippen LogP contribution is -2.31. The normalized spacial score (nSPS) is 14.4. The van der Waals surface area contributed by atoms with Crippen LogP contribution < -0.4 is 20.1 Å². The molecule has 1 aliphatic heterocycles. The monoisotopic (exact) mass is 513 g/mol. The number of hydrogen-bond donors (Lipinski definition) is 2. The van der Waals surface area contributed by atoms with E-state index in [1.54, 1.807) is 29.8 Å². The van der Waals surface area contributed by atoms with Gasteiger partial charge < -0.3 is 20.1 Å². The van der Waals surface area contributed by atoms with Crippen molar-refractivity contribution in [2.75, 3.05) is 17.7 Å². The van der Waals surface area contributed by atoms with Gasteiger partial charge in [0.25, 0.3) is 5.91 Å². The molecule has 38 heavy (non-hydrogen) atoms. The van der Waals surface area contributed by atoms with Crippen LogP contribution in [0.3, 0.4) is 0 Å². The van der Waals surface area contributed by atoms with Gasteiger partial charge in [0, 0.05) is 11.4 Å². The van der Waals surface area contributed by atoms with Crippen molar-refractivity contribution < 1.29 is 23.5 Å². The van der Waals surface area contributed by atoms with Gasteiger partial charge >= 0.3 is 5.97 Å². The van der Waals surface area contributed by atoms with Crippen molar-refractivity contribution in [3.63, 3.8) is 0 Å². The Kier molecular flexibility index (Phi) is 6.61. The van der Waals surface area contributed by atoms with Gasteiger partial charge in [0.2, 0.25) is 5.95 Å². The summed E-state index contributed by atoms with van der Waals surface area (Å²) in [7, 11) is 1.43. The Bertz CT molecular complexity index is 1580. The summed E-state index contributed by atoms with van der Waals surface area (Å²) in [5.74, 6) is -1.07. The number of para-hydroxylation sites is 1. The number of amides is 1. The third kappa shape index (κ3) is 4.59. The number of fused-ring (bicyclic) bond motifs is 1. The highest BCUT2D eigenvalue weighted by atomic mass is 19.1. The van der Waals surface area contributed by atoms with Crippen LogP contribution in [-0.2, 0) is 4.79 Å². The second kappa shape index (κ2) is 10.2. The highest BCUT2D eigenvalue weighted by molar-refractivity contribution is 6.06. The molecule has 1 unspecified atom stereocenters. The van der Waals surface area contributed by atoms with E-state index in [1.165, 1.54) is 37.7 Å². The summed E-state index contributed by atoms with van der Waals surface area (Å²) in [6.45, 7) is 3.70. The number of carbonyl (C=O) groups excluding carboxylic acids is 2. The molecule has 10 heteroatoms. The smallest absolute Gasteiger partial charge is 0.346 e. The summed E-state index contributed by atoms with van der Waals surface area (Å²) >= 11 is 0. The number of anilines is 2. The Balaban J connectivity index is 1.51. The van der Waals surface area contributed by atoms with Crippen LogP contribution in [0.5, 0.6) is 11.5 Å². The van der Waals surface area contributed by atoms with Gasteiger partial charge in [0.1, 0.15) is 18.2 Å². The second-order valence-corrected chi connectivity index (χ2v) is 8.64. The van der Waals surface area contributed by atoms with Gasteiger partial charge in [0.15, 0.2) is 11.5 Å². The first kappa shape index (κ1) is 24.7. The zero-order valence-electron chi connectivity index (χ0n) is 20.9. The molecule has 0 spiro atoms. The van der Waals surface area contributed by atoms with Gasteiger partial charge in [-0.25, -0.2) is 13.9 Å². The van der Waals surface area contributed by atoms with E-state index in [4.69, 9.17) is 9.47 Å². The Hall–Kier alpha value is -4.99. The number of hydrogen-bond acceptors (Lipinski definition) is 7. The van der Waals surface area contributed by atoms with Crippen LogP contribution in [0.2, 0.25) is 0 Å². The predicted octanol–water partition coefficient (Wildman–Crippen LogP) is 4.88. The van der Waals surface area contributed by atoms with E-state index in [1.807, 2.05) is 31.2 Å². The number of allylic oxidation sites excluding steroid dienone is 1. The summed E-state index contributed by atoms with van der Waals surface area (Å²) in [6, 6.07) is 17.3. The molecule has 9 nitrogen and oxygen atoms in total. The Labute approximate surface area is 217 Å². The third-order valence-corrected chi connectivity index (χ3v) is 6.23. The fourth-order valence-electron chi connectivity index (χ4n) is 4.32. The number of methoxy groups -OCH3 is 1. The number of carbonyl (C=O) groups is 2. The Morgan fingerprint density at radius 2 is 1.79 bits per heavy atom. The number of benzene rings is 3. The predicted molar refractivity (Wildman–Crippen MR) is 139 cm³/mol. The van der Waals surface area contributed by atoms with E-state index in [0.29, 0.717) is 28.5 Å². The molecule has 1 amide bonds. The topological polar surface area (TPSA) is 107 Å². The molecular weight excluding hydrogens is 489 g/mol. The van der Waals surface area contributed by atoms with Crippen molar-refractivity contribution in [3.05, 3.63) is 107 Å². The molecule has 5 rings (SSSR count). The molecule has 0 radical (unpaired) electrons. The lowest BCUT2D eigenvalue weighted by atomic mass is 9.94. The van der Waals surface area contributed by atoms with E-state index >= 15 is 0 Å². The lowest BCUT2D eigenvalue weighted by molar-refractivity contribution is -0.113. The number of nitrogens with zero attached hydrogens (tertiary/aromatic N) is 3. The molecule has 2 N–H and O–H groups in total. The van der Waals surface area contributed by atoms with E-state index in [0.717, 1.165) is 5.56 Å². The standard InChI is InChI=1S/C28H24FN5O4/c1-16-8-4-7-11-21(16)33-26(35)24-17(2)32-28-30-15-31-34(28)25(24)18-12-13-22(23(14-18)37-3)38-27(36)19-9-5-6-10-20(19)29/h4-15,25H,1-3H3,(H,33,35)(H,30,31,32). The van der Waals surface area contributed by atoms with Gasteiger partial charge in [-0.15, -0.1) is 0 Å². The maximum atomic E-state index is 14.1. The Morgan fingerprint density at radius 3 is 2.55 bits per heavy atom. The number of esters is 1. The third-order valence-electron chi connectivity index (χ3n) is 6.23. The van der Waals surface area contributed by atoms with Gasteiger partial charge in [-0.2, -0.15) is 10.1 Å². The second-order valence-electron chi connectivity index (χ2n) is 8.64. The Morgan fingerprint density at radius 1 is 1.03 bits per heavy atom. The summed E-state index contributed by atoms with van der Waals surface area (Å²) in [5, 5.41) is 10.5. The van der Waals surface area contributed by atoms with Crippen molar-refractivity contribution in [2.24, 2.45) is 0 Å². The van der Waals surface area contributed by atoms with E-state index in [2.05, 4.69) is 20.7 Å². The van der Waals surface area contributed by atoms with E-state index in [-0.39, 0.29) is 23.0 Å². The molecule has 4 aromatic rings. The van der Waals surface area contributed by atoms with E-state index < -0.39 is 17.8 Å². The van der Waals surface area contributed by atoms with Crippen LogP contribution in [0.4, 0.5) is 16.0 Å². The lowest BCUT2D eigenvalue weighted by Gasteiger charge is -2.29. The maximum Gasteiger partial charge on any atom is 0.346 e. The maximum absolute atomic E-state index is 14.1. The van der Waals surface area contributed by atoms with Crippen LogP contribution >= 0.6 is 0 Å². The van der Waals surface area contributed by atoms with Crippen LogP contribution in [-0.4, -0.2) is 33.8 Å². The average Bonchev–Trinajstić information content (AvgIpc) is 3.37. The molecule has 1 aromatic heterocycles. The largest absolute Gasteiger partial charge is 0.493 e. The number of aryl methyl sites for hydroxylation is 1. The first-order chi connectivity index (χ1) is 18.4. The van der Waals surface area contributed by atoms with Crippen LogP contribution in [0.15, 0.2) is 84.3 Å². The van der Waals surface area contributed by atoms with Crippen LogP contribution in [0, 0.1) is 12.7 Å². The molecule has 0 fully saturated rings. The van der Waals surface area contributed by atoms with Crippen molar-refractivity contribution >= 4 is 23.5 Å². The molecule has 0 saturated heterocycles. The molecule has 0 bridgehead atoms. The molecule has 192 valence electrons. The minimum absolute atomic E-state index is 0.101. The zero-order valence-corrected chi connectivity index (χ0v) is 20.9. The van der Waals surface area contributed by atoms with E-state index in [9.17, 15) is 14.0 Å². The van der Waals surface area contributed by atoms with Crippen molar-refractivity contribution in [1.82, 2.24) is 14.8 Å². The summed E-state index contributed by atoms with van der Waals surface area (Å²) < 4.78 is 26.6. The average molecular weight is 514 g/mol. The van der Waals surface area contributed by atoms with Crippen molar-refractivity contribution in [3.8, 4) is 11.5 Å². The minimum atomic E-state index is -0.858. The number of halogens is 1. The number of nitrogens with one attached hydrogen (secondary N) is 2. The summed E-state index contributed by atoms with van der Waals surface area (Å²) in [5.41, 5.74) is 3.07. The van der Waals surface area contributed by atoms with Crippen molar-refractivity contribution in [2.45, 2.75) is 19.9 Å². The number of ether oxygens (including phenoxy) is 2. The van der Waals surface area contributed by atoms with Gasteiger partial charge in [-0.1, -0.05) is 36.4 Å². The van der Waals surface area contributed by atoms with Crippen LogP contribution in [0.25, 0.3) is 0 Å². The zero-order chi connectivity index (χ0) is 26.8. The molecule has 1 aliphatic rings. The fourth-order valence-corrected chi connectivity index (χ4v) is 4.32. The number of rotatable bonds is 6. The fraction of sp³-hybridized carbons (Fsp3) is 0.143. The highest BCUT2D eigenvalue weighted by Gasteiger charge is 2.34. The van der Waals surface area contributed by atoms with Crippen molar-refractivity contribution in [1.29, 1.82) is 0 Å². The first-order valence-electron chi connectivity index (χ1n) is 11.8. The quantitative estimate of drug-likeness (QED) is 0.279. The molecule has 0 saturated carbocycles. The van der Waals surface area contributed by atoms with Gasteiger partial charge in [-0.3, -0.25) is 4.79 Å². The molecule has 1 atom stereocenters. The molecule has 0 aliphatic carbocycles. The highest BCUT2D eigenvalue weighted by Crippen LogP contribution is 2.39. The van der Waals surface area contributed by atoms with Gasteiger partial charge in [-0.05, 0) is 55.3 Å². The molecule has 2 heterocycles. The minimum Gasteiger partial charge on any atom is -0.493 e. The molecule has 3 aromatic carbocycles. The molecular formula is C28H24FN5O4. The first-order valence-corrected chi connectivity index (χ1v) is 11.8. The van der Waals surface area contributed by atoms with Gasteiger partial charge in [0.05, 0.1) is 18.2 Å². The SMILES string of the molecule is COc1cc(C2C(C(=O)Nc3ccccc3C)=C(C)Nc3ncnn32)ccc1OC(=O)c1ccccc1F.